The smallest absolute Gasteiger partial charge is 0.142 e. The summed E-state index contributed by atoms with van der Waals surface area (Å²) in [5.41, 5.74) is 1.46. The molecule has 2 aromatic carbocycles. The zero-order valence-electron chi connectivity index (χ0n) is 10.1. The summed E-state index contributed by atoms with van der Waals surface area (Å²) in [7, 11) is 0. The van der Waals surface area contributed by atoms with Gasteiger partial charge in [0.1, 0.15) is 5.82 Å². The van der Waals surface area contributed by atoms with Gasteiger partial charge in [-0.3, -0.25) is 0 Å². The van der Waals surface area contributed by atoms with E-state index < -0.39 is 5.82 Å². The number of benzene rings is 2. The molecule has 0 saturated carbocycles. The second kappa shape index (κ2) is 6.12. The predicted octanol–water partition coefficient (Wildman–Crippen LogP) is 6.07. The minimum absolute atomic E-state index is 0.0579. The Morgan fingerprint density at radius 2 is 1.95 bits per heavy atom. The van der Waals surface area contributed by atoms with Gasteiger partial charge in [0.2, 0.25) is 0 Å². The molecule has 1 N–H and O–H groups in total. The maximum absolute atomic E-state index is 13.5. The van der Waals surface area contributed by atoms with Crippen molar-refractivity contribution in [3.8, 4) is 0 Å². The van der Waals surface area contributed by atoms with E-state index in [0.29, 0.717) is 10.6 Å². The van der Waals surface area contributed by atoms with Crippen LogP contribution >= 0.6 is 39.1 Å². The Morgan fingerprint density at radius 1 is 1.21 bits per heavy atom. The fraction of sp³-hybridized carbons (Fsp3) is 0.143. The highest BCUT2D eigenvalue weighted by molar-refractivity contribution is 9.10. The molecule has 0 aliphatic rings. The number of rotatable bonds is 3. The summed E-state index contributed by atoms with van der Waals surface area (Å²) in [6.45, 7) is 1.88. The van der Waals surface area contributed by atoms with E-state index in [1.165, 1.54) is 12.1 Å². The van der Waals surface area contributed by atoms with Gasteiger partial charge in [-0.05, 0) is 37.3 Å². The van der Waals surface area contributed by atoms with Crippen molar-refractivity contribution in [2.45, 2.75) is 13.0 Å². The van der Waals surface area contributed by atoms with Gasteiger partial charge in [0.25, 0.3) is 0 Å². The Morgan fingerprint density at radius 3 is 2.63 bits per heavy atom. The van der Waals surface area contributed by atoms with Crippen LogP contribution in [-0.4, -0.2) is 0 Å². The van der Waals surface area contributed by atoms with Crippen LogP contribution in [-0.2, 0) is 0 Å². The molecule has 0 aliphatic carbocycles. The quantitative estimate of drug-likeness (QED) is 0.653. The maximum atomic E-state index is 13.5. The largest absolute Gasteiger partial charge is 0.378 e. The van der Waals surface area contributed by atoms with E-state index in [9.17, 15) is 4.39 Å². The van der Waals surface area contributed by atoms with E-state index in [-0.39, 0.29) is 11.1 Å². The number of halogens is 4. The van der Waals surface area contributed by atoms with Crippen LogP contribution in [0.3, 0.4) is 0 Å². The summed E-state index contributed by atoms with van der Waals surface area (Å²) in [6, 6.07) is 10.3. The van der Waals surface area contributed by atoms with Crippen LogP contribution in [0.5, 0.6) is 0 Å². The molecular weight excluding hydrogens is 352 g/mol. The van der Waals surface area contributed by atoms with Gasteiger partial charge in [0.15, 0.2) is 0 Å². The Kier molecular flexibility index (Phi) is 4.71. The number of anilines is 1. The fourth-order valence-electron chi connectivity index (χ4n) is 1.84. The third-order valence-electron chi connectivity index (χ3n) is 2.72. The first-order valence-corrected chi connectivity index (χ1v) is 7.19. The molecule has 0 spiro atoms. The van der Waals surface area contributed by atoms with Crippen LogP contribution in [0, 0.1) is 5.82 Å². The number of nitrogens with one attached hydrogen (secondary N) is 1. The van der Waals surface area contributed by atoms with Crippen molar-refractivity contribution in [2.24, 2.45) is 0 Å². The van der Waals surface area contributed by atoms with Crippen molar-refractivity contribution in [3.05, 3.63) is 62.3 Å². The minimum Gasteiger partial charge on any atom is -0.378 e. The average molecular weight is 363 g/mol. The highest BCUT2D eigenvalue weighted by Crippen LogP contribution is 2.34. The van der Waals surface area contributed by atoms with Crippen molar-refractivity contribution in [1.29, 1.82) is 0 Å². The highest BCUT2D eigenvalue weighted by Gasteiger charge is 2.17. The lowest BCUT2D eigenvalue weighted by atomic mass is 10.1. The van der Waals surface area contributed by atoms with E-state index in [4.69, 9.17) is 23.2 Å². The summed E-state index contributed by atoms with van der Waals surface area (Å²) in [5.74, 6) is -0.469. The summed E-state index contributed by atoms with van der Waals surface area (Å²) < 4.78 is 14.5. The molecule has 2 aromatic rings. The maximum Gasteiger partial charge on any atom is 0.142 e. The van der Waals surface area contributed by atoms with Gasteiger partial charge in [-0.25, -0.2) is 4.39 Å². The second-order valence-corrected chi connectivity index (χ2v) is 5.83. The molecule has 19 heavy (non-hydrogen) atoms. The van der Waals surface area contributed by atoms with Crippen molar-refractivity contribution in [1.82, 2.24) is 0 Å². The van der Waals surface area contributed by atoms with Gasteiger partial charge >= 0.3 is 0 Å². The molecule has 0 heterocycles. The molecular formula is C14H11BrCl2FN. The molecule has 0 aliphatic heterocycles. The molecule has 1 nitrogen and oxygen atoms in total. The van der Waals surface area contributed by atoms with Gasteiger partial charge in [-0.15, -0.1) is 0 Å². The van der Waals surface area contributed by atoms with E-state index >= 15 is 0 Å². The summed E-state index contributed by atoms with van der Waals surface area (Å²) in [4.78, 5) is 0. The van der Waals surface area contributed by atoms with Crippen LogP contribution < -0.4 is 5.32 Å². The zero-order valence-corrected chi connectivity index (χ0v) is 13.2. The minimum atomic E-state index is -0.469. The lowest BCUT2D eigenvalue weighted by molar-refractivity contribution is 0.624. The summed E-state index contributed by atoms with van der Waals surface area (Å²) >= 11 is 15.5. The predicted molar refractivity (Wildman–Crippen MR) is 82.6 cm³/mol. The van der Waals surface area contributed by atoms with Gasteiger partial charge < -0.3 is 5.32 Å². The summed E-state index contributed by atoms with van der Waals surface area (Å²) in [5, 5.41) is 3.75. The first kappa shape index (κ1) is 14.6. The molecule has 1 unspecified atom stereocenters. The molecule has 0 aromatic heterocycles. The Balaban J connectivity index is 2.30. The van der Waals surface area contributed by atoms with Crippen molar-refractivity contribution >= 4 is 44.8 Å². The molecule has 5 heteroatoms. The molecule has 0 fully saturated rings. The Bertz CT molecular complexity index is 604. The monoisotopic (exact) mass is 361 g/mol. The number of hydrogen-bond acceptors (Lipinski definition) is 1. The molecule has 100 valence electrons. The Labute approximate surface area is 129 Å². The van der Waals surface area contributed by atoms with Crippen molar-refractivity contribution < 1.29 is 4.39 Å². The lowest BCUT2D eigenvalue weighted by Gasteiger charge is -2.18. The summed E-state index contributed by atoms with van der Waals surface area (Å²) in [6.07, 6.45) is 0. The van der Waals surface area contributed by atoms with Crippen molar-refractivity contribution in [2.75, 3.05) is 5.32 Å². The van der Waals surface area contributed by atoms with E-state index in [2.05, 4.69) is 21.2 Å². The zero-order chi connectivity index (χ0) is 14.0. The van der Waals surface area contributed by atoms with Gasteiger partial charge in [-0.2, -0.15) is 0 Å². The topological polar surface area (TPSA) is 12.0 Å². The van der Waals surface area contributed by atoms with Crippen LogP contribution in [0.2, 0.25) is 10.0 Å². The van der Waals surface area contributed by atoms with E-state index in [1.54, 1.807) is 0 Å². The van der Waals surface area contributed by atoms with E-state index in [1.807, 2.05) is 31.2 Å². The molecule has 0 radical (unpaired) electrons. The first-order chi connectivity index (χ1) is 8.99. The lowest BCUT2D eigenvalue weighted by Crippen LogP contribution is -2.08. The van der Waals surface area contributed by atoms with Gasteiger partial charge in [0.05, 0.1) is 11.1 Å². The molecule has 0 bridgehead atoms. The third kappa shape index (κ3) is 3.41. The second-order valence-electron chi connectivity index (χ2n) is 4.13. The fourth-order valence-corrected chi connectivity index (χ4v) is 2.94. The van der Waals surface area contributed by atoms with E-state index in [0.717, 1.165) is 10.2 Å². The molecule has 0 amide bonds. The Hall–Kier alpha value is -0.770. The molecule has 1 atom stereocenters. The number of hydrogen-bond donors (Lipinski definition) is 1. The standard InChI is InChI=1S/C14H11BrCl2FN/c1-8(19-10-4-2-3-9(15)7-10)13-11(16)5-6-12(18)14(13)17/h2-8,19H,1H3. The SMILES string of the molecule is CC(Nc1cccc(Br)c1)c1c(Cl)ccc(F)c1Cl. The molecule has 0 saturated heterocycles. The highest BCUT2D eigenvalue weighted by atomic mass is 79.9. The average Bonchev–Trinajstić information content (AvgIpc) is 2.34. The van der Waals surface area contributed by atoms with Crippen LogP contribution in [0.4, 0.5) is 10.1 Å². The van der Waals surface area contributed by atoms with Crippen LogP contribution in [0.1, 0.15) is 18.5 Å². The first-order valence-electron chi connectivity index (χ1n) is 5.64. The normalized spacial score (nSPS) is 12.3. The third-order valence-corrected chi connectivity index (χ3v) is 3.93. The van der Waals surface area contributed by atoms with Gasteiger partial charge in [0, 0.05) is 20.7 Å². The van der Waals surface area contributed by atoms with Crippen LogP contribution in [0.25, 0.3) is 0 Å². The van der Waals surface area contributed by atoms with Gasteiger partial charge in [-0.1, -0.05) is 45.2 Å². The van der Waals surface area contributed by atoms with Crippen LogP contribution in [0.15, 0.2) is 40.9 Å². The molecule has 2 rings (SSSR count). The van der Waals surface area contributed by atoms with Crippen molar-refractivity contribution in [3.63, 3.8) is 0 Å².